The minimum absolute atomic E-state index is 0.144. The monoisotopic (exact) mass is 321 g/mol. The number of halogens is 1. The van der Waals surface area contributed by atoms with E-state index in [1.165, 1.54) is 12.1 Å². The summed E-state index contributed by atoms with van der Waals surface area (Å²) in [5.74, 6) is 0.360. The molecule has 1 saturated heterocycles. The first-order valence-electron chi connectivity index (χ1n) is 7.92. The van der Waals surface area contributed by atoms with Crippen LogP contribution in [0.15, 0.2) is 30.9 Å². The molecule has 2 rings (SSSR count). The number of carbonyl (C=O) groups is 1. The fraction of sp³-hybridized carbons (Fsp3) is 0.471. The van der Waals surface area contributed by atoms with Gasteiger partial charge in [0.05, 0.1) is 12.3 Å². The number of carbonyl (C=O) groups excluding carboxylic acids is 1. The normalized spacial score (nSPS) is 17.7. The molecule has 0 aliphatic carbocycles. The molecule has 1 heterocycles. The van der Waals surface area contributed by atoms with E-state index in [2.05, 4.69) is 22.1 Å². The summed E-state index contributed by atoms with van der Waals surface area (Å²) in [7, 11) is 0. The standard InChI is InChI=1S/C17H24FN3O2/c1-3-8-21-9-7-13(12-21)11-19-17(22)20-16-6-5-14(23-4-2)10-15(16)18/h3,5-6,10,13H,1,4,7-9,11-12H2,2H3,(H2,19,20,22)/t13-/m0/s1. The lowest BCUT2D eigenvalue weighted by Crippen LogP contribution is -2.34. The largest absolute Gasteiger partial charge is 0.494 e. The molecule has 1 aliphatic heterocycles. The van der Waals surface area contributed by atoms with E-state index in [1.807, 2.05) is 13.0 Å². The number of benzene rings is 1. The molecule has 6 heteroatoms. The molecule has 1 aromatic carbocycles. The summed E-state index contributed by atoms with van der Waals surface area (Å²) in [5, 5.41) is 5.33. The maximum atomic E-state index is 13.9. The van der Waals surface area contributed by atoms with E-state index in [0.717, 1.165) is 26.1 Å². The molecule has 1 aromatic rings. The highest BCUT2D eigenvalue weighted by Gasteiger charge is 2.21. The molecule has 23 heavy (non-hydrogen) atoms. The molecule has 1 fully saturated rings. The summed E-state index contributed by atoms with van der Waals surface area (Å²) < 4.78 is 19.1. The zero-order valence-corrected chi connectivity index (χ0v) is 13.5. The van der Waals surface area contributed by atoms with Gasteiger partial charge in [0, 0.05) is 25.7 Å². The van der Waals surface area contributed by atoms with Gasteiger partial charge in [0.25, 0.3) is 0 Å². The van der Waals surface area contributed by atoms with Gasteiger partial charge in [-0.05, 0) is 37.9 Å². The fourth-order valence-electron chi connectivity index (χ4n) is 2.69. The second-order valence-corrected chi connectivity index (χ2v) is 5.61. The first-order valence-corrected chi connectivity index (χ1v) is 7.92. The number of amides is 2. The molecule has 2 amide bonds. The molecule has 0 bridgehead atoms. The Morgan fingerprint density at radius 1 is 1.57 bits per heavy atom. The van der Waals surface area contributed by atoms with E-state index in [9.17, 15) is 9.18 Å². The molecule has 0 radical (unpaired) electrons. The van der Waals surface area contributed by atoms with Crippen LogP contribution in [0.4, 0.5) is 14.9 Å². The Hall–Kier alpha value is -2.08. The van der Waals surface area contributed by atoms with E-state index in [1.54, 1.807) is 6.07 Å². The van der Waals surface area contributed by atoms with Crippen LogP contribution in [0.3, 0.4) is 0 Å². The predicted octanol–water partition coefficient (Wildman–Crippen LogP) is 2.85. The molecule has 1 aliphatic rings. The zero-order valence-electron chi connectivity index (χ0n) is 13.5. The number of rotatable bonds is 7. The van der Waals surface area contributed by atoms with Crippen molar-refractivity contribution in [1.82, 2.24) is 10.2 Å². The highest BCUT2D eigenvalue weighted by molar-refractivity contribution is 5.89. The molecule has 0 spiro atoms. The fourth-order valence-corrected chi connectivity index (χ4v) is 2.69. The number of likely N-dealkylation sites (tertiary alicyclic amines) is 1. The van der Waals surface area contributed by atoms with Crippen LogP contribution in [0.25, 0.3) is 0 Å². The van der Waals surface area contributed by atoms with Crippen LogP contribution < -0.4 is 15.4 Å². The van der Waals surface area contributed by atoms with Gasteiger partial charge in [-0.15, -0.1) is 6.58 Å². The van der Waals surface area contributed by atoms with Gasteiger partial charge in [0.1, 0.15) is 11.6 Å². The average Bonchev–Trinajstić information content (AvgIpc) is 2.96. The third-order valence-electron chi connectivity index (χ3n) is 3.81. The zero-order chi connectivity index (χ0) is 16.7. The number of anilines is 1. The number of urea groups is 1. The quantitative estimate of drug-likeness (QED) is 0.759. The second kappa shape index (κ2) is 8.53. The SMILES string of the molecule is C=CCN1CC[C@@H](CNC(=O)Nc2ccc(OCC)cc2F)C1. The van der Waals surface area contributed by atoms with Crippen molar-refractivity contribution in [1.29, 1.82) is 0 Å². The van der Waals surface area contributed by atoms with Crippen LogP contribution in [0.2, 0.25) is 0 Å². The molecule has 2 N–H and O–H groups in total. The van der Waals surface area contributed by atoms with Crippen molar-refractivity contribution in [2.75, 3.05) is 38.1 Å². The third-order valence-corrected chi connectivity index (χ3v) is 3.81. The van der Waals surface area contributed by atoms with Crippen molar-refractivity contribution in [3.05, 3.63) is 36.7 Å². The second-order valence-electron chi connectivity index (χ2n) is 5.61. The molecule has 0 saturated carbocycles. The Morgan fingerprint density at radius 3 is 3.09 bits per heavy atom. The van der Waals surface area contributed by atoms with E-state index < -0.39 is 11.8 Å². The van der Waals surface area contributed by atoms with Crippen LogP contribution in [0.5, 0.6) is 5.75 Å². The Morgan fingerprint density at radius 2 is 2.39 bits per heavy atom. The average molecular weight is 321 g/mol. The van der Waals surface area contributed by atoms with Crippen molar-refractivity contribution in [2.24, 2.45) is 5.92 Å². The smallest absolute Gasteiger partial charge is 0.319 e. The number of hydrogen-bond acceptors (Lipinski definition) is 3. The Bertz CT molecular complexity index is 551. The van der Waals surface area contributed by atoms with Crippen molar-refractivity contribution in [3.8, 4) is 5.75 Å². The number of nitrogens with one attached hydrogen (secondary N) is 2. The van der Waals surface area contributed by atoms with Crippen LogP contribution in [0.1, 0.15) is 13.3 Å². The number of nitrogens with zero attached hydrogens (tertiary/aromatic N) is 1. The lowest BCUT2D eigenvalue weighted by Gasteiger charge is -2.14. The van der Waals surface area contributed by atoms with Gasteiger partial charge in [-0.3, -0.25) is 4.90 Å². The summed E-state index contributed by atoms with van der Waals surface area (Å²) in [6, 6.07) is 4.01. The molecular weight excluding hydrogens is 297 g/mol. The van der Waals surface area contributed by atoms with Gasteiger partial charge in [-0.25, -0.2) is 9.18 Å². The van der Waals surface area contributed by atoms with Crippen molar-refractivity contribution in [3.63, 3.8) is 0 Å². The van der Waals surface area contributed by atoms with Gasteiger partial charge >= 0.3 is 6.03 Å². The summed E-state index contributed by atoms with van der Waals surface area (Å²) in [6.07, 6.45) is 2.93. The van der Waals surface area contributed by atoms with Gasteiger partial charge in [-0.2, -0.15) is 0 Å². The van der Waals surface area contributed by atoms with E-state index in [-0.39, 0.29) is 5.69 Å². The lowest BCUT2D eigenvalue weighted by atomic mass is 10.1. The maximum absolute atomic E-state index is 13.9. The van der Waals surface area contributed by atoms with Crippen molar-refractivity contribution < 1.29 is 13.9 Å². The van der Waals surface area contributed by atoms with Crippen molar-refractivity contribution in [2.45, 2.75) is 13.3 Å². The summed E-state index contributed by atoms with van der Waals surface area (Å²) in [4.78, 5) is 14.2. The van der Waals surface area contributed by atoms with E-state index in [0.29, 0.717) is 24.8 Å². The Labute approximate surface area is 136 Å². The molecular formula is C17H24FN3O2. The molecule has 1 atom stereocenters. The summed E-state index contributed by atoms with van der Waals surface area (Å²) in [5.41, 5.74) is 0.144. The predicted molar refractivity (Wildman–Crippen MR) is 89.3 cm³/mol. The topological polar surface area (TPSA) is 53.6 Å². The van der Waals surface area contributed by atoms with Crippen LogP contribution >= 0.6 is 0 Å². The maximum Gasteiger partial charge on any atom is 0.319 e. The van der Waals surface area contributed by atoms with Gasteiger partial charge in [-0.1, -0.05) is 6.08 Å². The van der Waals surface area contributed by atoms with Gasteiger partial charge < -0.3 is 15.4 Å². The Balaban J connectivity index is 1.78. The first kappa shape index (κ1) is 17.3. The van der Waals surface area contributed by atoms with Gasteiger partial charge in [0.2, 0.25) is 0 Å². The third kappa shape index (κ3) is 5.25. The molecule has 0 aromatic heterocycles. The molecule has 0 unspecified atom stereocenters. The summed E-state index contributed by atoms with van der Waals surface area (Å²) in [6.45, 7) is 9.46. The van der Waals surface area contributed by atoms with Crippen LogP contribution in [0, 0.1) is 11.7 Å². The van der Waals surface area contributed by atoms with E-state index >= 15 is 0 Å². The summed E-state index contributed by atoms with van der Waals surface area (Å²) >= 11 is 0. The molecule has 5 nitrogen and oxygen atoms in total. The minimum atomic E-state index is -0.510. The van der Waals surface area contributed by atoms with Crippen LogP contribution in [-0.2, 0) is 0 Å². The first-order chi connectivity index (χ1) is 11.1. The van der Waals surface area contributed by atoms with Crippen LogP contribution in [-0.4, -0.2) is 43.7 Å². The Kier molecular flexibility index (Phi) is 6.40. The van der Waals surface area contributed by atoms with E-state index in [4.69, 9.17) is 4.74 Å². The number of ether oxygens (including phenoxy) is 1. The number of hydrogen-bond donors (Lipinski definition) is 2. The van der Waals surface area contributed by atoms with Crippen molar-refractivity contribution >= 4 is 11.7 Å². The van der Waals surface area contributed by atoms with Gasteiger partial charge in [0.15, 0.2) is 0 Å². The highest BCUT2D eigenvalue weighted by Crippen LogP contribution is 2.20. The lowest BCUT2D eigenvalue weighted by molar-refractivity contribution is 0.250. The highest BCUT2D eigenvalue weighted by atomic mass is 19.1. The molecule has 126 valence electrons. The minimum Gasteiger partial charge on any atom is -0.494 e.